The van der Waals surface area contributed by atoms with Gasteiger partial charge in [0.05, 0.1) is 16.6 Å². The molecule has 0 spiro atoms. The number of hydrogen-bond donors (Lipinski definition) is 1. The molecule has 0 unspecified atom stereocenters. The Morgan fingerprint density at radius 3 is 2.64 bits per heavy atom. The third-order valence-corrected chi connectivity index (χ3v) is 5.67. The molecule has 1 N–H and O–H groups in total. The molecular weight excluding hydrogens is 422 g/mol. The molecule has 146 valence electrons. The van der Waals surface area contributed by atoms with Crippen LogP contribution in [-0.4, -0.2) is 28.1 Å². The molecule has 1 aromatic heterocycles. The molecule has 0 atom stereocenters. The van der Waals surface area contributed by atoms with Crippen molar-refractivity contribution in [3.05, 3.63) is 79.5 Å². The lowest BCUT2D eigenvalue weighted by Crippen LogP contribution is -2.22. The van der Waals surface area contributed by atoms with E-state index in [2.05, 4.69) is 15.5 Å². The minimum absolute atomic E-state index is 0.284. The fourth-order valence-corrected chi connectivity index (χ4v) is 3.73. The van der Waals surface area contributed by atoms with Crippen LogP contribution in [0.25, 0.3) is 0 Å². The van der Waals surface area contributed by atoms with E-state index in [1.54, 1.807) is 18.2 Å². The molecule has 28 heavy (non-hydrogen) atoms. The van der Waals surface area contributed by atoms with Gasteiger partial charge in [0.1, 0.15) is 10.8 Å². The van der Waals surface area contributed by atoms with Gasteiger partial charge in [0, 0.05) is 13.1 Å². The number of hydrogen-bond acceptors (Lipinski definition) is 5. The molecular formula is C19H17Cl2FN4OS. The van der Waals surface area contributed by atoms with Crippen LogP contribution in [0.3, 0.4) is 0 Å². The molecule has 3 rings (SSSR count). The zero-order chi connectivity index (χ0) is 20.1. The molecule has 0 aliphatic heterocycles. The second-order valence-corrected chi connectivity index (χ2v) is 8.04. The smallest absolute Gasteiger partial charge is 0.282 e. The molecule has 1 heterocycles. The van der Waals surface area contributed by atoms with Crippen molar-refractivity contribution in [2.24, 2.45) is 0 Å². The third kappa shape index (κ3) is 5.48. The Balaban J connectivity index is 1.54. The summed E-state index contributed by atoms with van der Waals surface area (Å²) in [5.74, 6) is -0.624. The lowest BCUT2D eigenvalue weighted by molar-refractivity contribution is 0.0950. The van der Waals surface area contributed by atoms with E-state index < -0.39 is 0 Å². The normalized spacial score (nSPS) is 11.0. The first-order chi connectivity index (χ1) is 13.4. The van der Waals surface area contributed by atoms with Crippen molar-refractivity contribution >= 4 is 40.4 Å². The van der Waals surface area contributed by atoms with Gasteiger partial charge in [-0.3, -0.25) is 9.69 Å². The van der Waals surface area contributed by atoms with Crippen LogP contribution in [0.1, 0.15) is 25.9 Å². The fraction of sp³-hybridized carbons (Fsp3) is 0.211. The SMILES string of the molecule is CN(Cc1nnc(C(=O)NCc2ccc(F)cc2)s1)Cc1cccc(Cl)c1Cl. The molecule has 0 bridgehead atoms. The highest BCUT2D eigenvalue weighted by Gasteiger charge is 2.15. The number of halogens is 3. The summed E-state index contributed by atoms with van der Waals surface area (Å²) in [6.07, 6.45) is 0. The first-order valence-corrected chi connectivity index (χ1v) is 9.96. The summed E-state index contributed by atoms with van der Waals surface area (Å²) < 4.78 is 12.9. The van der Waals surface area contributed by atoms with E-state index in [-0.39, 0.29) is 16.7 Å². The molecule has 3 aromatic rings. The Morgan fingerprint density at radius 2 is 1.89 bits per heavy atom. The van der Waals surface area contributed by atoms with Gasteiger partial charge < -0.3 is 5.32 Å². The topological polar surface area (TPSA) is 58.1 Å². The van der Waals surface area contributed by atoms with Crippen molar-refractivity contribution in [3.8, 4) is 0 Å². The van der Waals surface area contributed by atoms with Gasteiger partial charge in [0.25, 0.3) is 5.91 Å². The Kier molecular flexibility index (Phi) is 6.96. The molecule has 5 nitrogen and oxygen atoms in total. The summed E-state index contributed by atoms with van der Waals surface area (Å²) in [5, 5.41) is 12.8. The van der Waals surface area contributed by atoms with Crippen LogP contribution in [0.4, 0.5) is 4.39 Å². The lowest BCUT2D eigenvalue weighted by Gasteiger charge is -2.16. The number of amides is 1. The van der Waals surface area contributed by atoms with Crippen LogP contribution < -0.4 is 5.32 Å². The van der Waals surface area contributed by atoms with Gasteiger partial charge in [0.2, 0.25) is 5.01 Å². The van der Waals surface area contributed by atoms with Crippen molar-refractivity contribution < 1.29 is 9.18 Å². The maximum Gasteiger partial charge on any atom is 0.282 e. The van der Waals surface area contributed by atoms with Crippen molar-refractivity contribution in [2.45, 2.75) is 19.6 Å². The Bertz CT molecular complexity index is 965. The molecule has 0 saturated carbocycles. The van der Waals surface area contributed by atoms with E-state index in [9.17, 15) is 9.18 Å². The third-order valence-electron chi connectivity index (χ3n) is 3.90. The van der Waals surface area contributed by atoms with E-state index in [4.69, 9.17) is 23.2 Å². The van der Waals surface area contributed by atoms with Gasteiger partial charge in [-0.05, 0) is 36.4 Å². The summed E-state index contributed by atoms with van der Waals surface area (Å²) in [5.41, 5.74) is 1.72. The van der Waals surface area contributed by atoms with Crippen LogP contribution in [0, 0.1) is 5.82 Å². The monoisotopic (exact) mass is 438 g/mol. The second kappa shape index (κ2) is 9.43. The Hall–Kier alpha value is -2.06. The predicted molar refractivity (Wildman–Crippen MR) is 109 cm³/mol. The minimum Gasteiger partial charge on any atom is -0.346 e. The Labute approximate surface area is 176 Å². The summed E-state index contributed by atoms with van der Waals surface area (Å²) in [6.45, 7) is 1.40. The first kappa shape index (κ1) is 20.7. The van der Waals surface area contributed by atoms with E-state index in [1.165, 1.54) is 23.5 Å². The zero-order valence-corrected chi connectivity index (χ0v) is 17.3. The summed E-state index contributed by atoms with van der Waals surface area (Å²) in [6, 6.07) is 11.5. The number of rotatable bonds is 7. The number of carbonyl (C=O) groups is 1. The lowest BCUT2D eigenvalue weighted by atomic mass is 10.2. The number of aromatic nitrogens is 2. The molecule has 0 fully saturated rings. The van der Waals surface area contributed by atoms with E-state index in [1.807, 2.05) is 24.1 Å². The molecule has 9 heteroatoms. The van der Waals surface area contributed by atoms with Crippen LogP contribution in [0.2, 0.25) is 10.0 Å². The van der Waals surface area contributed by atoms with Gasteiger partial charge in [-0.15, -0.1) is 10.2 Å². The van der Waals surface area contributed by atoms with E-state index in [0.717, 1.165) is 11.1 Å². The predicted octanol–water partition coefficient (Wildman–Crippen LogP) is 4.55. The van der Waals surface area contributed by atoms with Crippen molar-refractivity contribution in [1.82, 2.24) is 20.4 Å². The number of benzene rings is 2. The van der Waals surface area contributed by atoms with E-state index in [0.29, 0.717) is 34.7 Å². The maximum absolute atomic E-state index is 12.9. The van der Waals surface area contributed by atoms with Gasteiger partial charge in [-0.1, -0.05) is 58.8 Å². The highest BCUT2D eigenvalue weighted by Crippen LogP contribution is 2.26. The highest BCUT2D eigenvalue weighted by atomic mass is 35.5. The Morgan fingerprint density at radius 1 is 1.14 bits per heavy atom. The van der Waals surface area contributed by atoms with Gasteiger partial charge >= 0.3 is 0 Å². The van der Waals surface area contributed by atoms with Crippen molar-refractivity contribution in [2.75, 3.05) is 7.05 Å². The summed E-state index contributed by atoms with van der Waals surface area (Å²) in [7, 11) is 1.92. The largest absolute Gasteiger partial charge is 0.346 e. The minimum atomic E-state index is -0.313. The highest BCUT2D eigenvalue weighted by molar-refractivity contribution is 7.13. The van der Waals surface area contributed by atoms with Crippen LogP contribution in [0.5, 0.6) is 0 Å². The first-order valence-electron chi connectivity index (χ1n) is 8.39. The molecule has 2 aromatic carbocycles. The number of nitrogens with one attached hydrogen (secondary N) is 1. The number of nitrogens with zero attached hydrogens (tertiary/aromatic N) is 3. The maximum atomic E-state index is 12.9. The number of carbonyl (C=O) groups excluding carboxylic acids is 1. The fourth-order valence-electron chi connectivity index (χ4n) is 2.52. The van der Waals surface area contributed by atoms with Gasteiger partial charge in [-0.2, -0.15) is 0 Å². The quantitative estimate of drug-likeness (QED) is 0.587. The molecule has 0 aliphatic carbocycles. The van der Waals surface area contributed by atoms with Gasteiger partial charge in [0.15, 0.2) is 0 Å². The summed E-state index contributed by atoms with van der Waals surface area (Å²) >= 11 is 13.5. The van der Waals surface area contributed by atoms with Crippen molar-refractivity contribution in [1.29, 1.82) is 0 Å². The zero-order valence-electron chi connectivity index (χ0n) is 15.0. The molecule has 0 aliphatic rings. The van der Waals surface area contributed by atoms with Crippen LogP contribution in [-0.2, 0) is 19.6 Å². The average Bonchev–Trinajstić information content (AvgIpc) is 3.13. The summed E-state index contributed by atoms with van der Waals surface area (Å²) in [4.78, 5) is 14.2. The van der Waals surface area contributed by atoms with Gasteiger partial charge in [-0.25, -0.2) is 4.39 Å². The molecule has 0 radical (unpaired) electrons. The average molecular weight is 439 g/mol. The second-order valence-electron chi connectivity index (χ2n) is 6.20. The van der Waals surface area contributed by atoms with Crippen LogP contribution in [0.15, 0.2) is 42.5 Å². The van der Waals surface area contributed by atoms with Crippen molar-refractivity contribution in [3.63, 3.8) is 0 Å². The molecule has 1 amide bonds. The standard InChI is InChI=1S/C19H17Cl2FN4OS/c1-26(10-13-3-2-4-15(20)17(13)21)11-16-24-25-19(28-16)18(27)23-9-12-5-7-14(22)8-6-12/h2-8H,9-11H2,1H3,(H,23,27). The molecule has 0 saturated heterocycles. The van der Waals surface area contributed by atoms with E-state index >= 15 is 0 Å². The van der Waals surface area contributed by atoms with Crippen LogP contribution >= 0.6 is 34.5 Å².